The molecular weight excluding hydrogens is 304 g/mol. The van der Waals surface area contributed by atoms with Crippen LogP contribution < -0.4 is 9.47 Å². The van der Waals surface area contributed by atoms with E-state index in [9.17, 15) is 4.79 Å². The van der Waals surface area contributed by atoms with Crippen molar-refractivity contribution in [3.8, 4) is 11.5 Å². The summed E-state index contributed by atoms with van der Waals surface area (Å²) in [4.78, 5) is 11.2. The molecule has 0 aliphatic heterocycles. The van der Waals surface area contributed by atoms with Crippen LogP contribution in [0.1, 0.15) is 35.6 Å². The van der Waals surface area contributed by atoms with Crippen LogP contribution in [0.3, 0.4) is 0 Å². The van der Waals surface area contributed by atoms with Gasteiger partial charge in [-0.2, -0.15) is 0 Å². The van der Waals surface area contributed by atoms with E-state index in [1.54, 1.807) is 7.11 Å². The van der Waals surface area contributed by atoms with E-state index in [0.29, 0.717) is 12.8 Å². The molecule has 3 rings (SSSR count). The Morgan fingerprint density at radius 2 is 1.83 bits per heavy atom. The lowest BCUT2D eigenvalue weighted by Crippen LogP contribution is -2.04. The second-order valence-corrected chi connectivity index (χ2v) is 5.93. The molecule has 1 aliphatic rings. The van der Waals surface area contributed by atoms with Crippen molar-refractivity contribution >= 4 is 5.97 Å². The highest BCUT2D eigenvalue weighted by atomic mass is 16.5. The molecule has 0 saturated carbocycles. The molecule has 24 heavy (non-hydrogen) atoms. The number of benzene rings is 2. The normalized spacial score (nSPS) is 15.7. The average molecular weight is 326 g/mol. The number of carbonyl (C=O) groups excluding carboxylic acids is 1. The van der Waals surface area contributed by atoms with Crippen LogP contribution in [-0.2, 0) is 22.4 Å². The first-order valence-electron chi connectivity index (χ1n) is 8.19. The maximum absolute atomic E-state index is 11.2. The van der Waals surface area contributed by atoms with Crippen LogP contribution in [0.5, 0.6) is 11.5 Å². The molecule has 0 aromatic heterocycles. The lowest BCUT2D eigenvalue weighted by atomic mass is 10.1. The maximum Gasteiger partial charge on any atom is 0.305 e. The van der Waals surface area contributed by atoms with Gasteiger partial charge < -0.3 is 14.2 Å². The number of hydrogen-bond donors (Lipinski definition) is 0. The number of fused-ring (bicyclic) bond motifs is 1. The summed E-state index contributed by atoms with van der Waals surface area (Å²) in [6.07, 6.45) is 3.15. The Morgan fingerprint density at radius 1 is 1.08 bits per heavy atom. The van der Waals surface area contributed by atoms with Crippen molar-refractivity contribution in [1.82, 2.24) is 0 Å². The average Bonchev–Trinajstić information content (AvgIpc) is 3.02. The van der Waals surface area contributed by atoms with E-state index in [1.165, 1.54) is 18.2 Å². The second-order valence-electron chi connectivity index (χ2n) is 5.93. The lowest BCUT2D eigenvalue weighted by Gasteiger charge is -2.15. The Kier molecular flexibility index (Phi) is 5.04. The fourth-order valence-corrected chi connectivity index (χ4v) is 3.05. The third kappa shape index (κ3) is 3.70. The lowest BCUT2D eigenvalue weighted by molar-refractivity contribution is -0.140. The molecule has 2 aromatic rings. The molecule has 0 N–H and O–H groups in total. The van der Waals surface area contributed by atoms with E-state index in [2.05, 4.69) is 16.9 Å². The quantitative estimate of drug-likeness (QED) is 0.756. The van der Waals surface area contributed by atoms with Crippen molar-refractivity contribution in [1.29, 1.82) is 0 Å². The topological polar surface area (TPSA) is 44.8 Å². The van der Waals surface area contributed by atoms with Crippen molar-refractivity contribution in [3.05, 3.63) is 59.2 Å². The number of methoxy groups -OCH3 is 2. The molecule has 0 bridgehead atoms. The largest absolute Gasteiger partial charge is 0.497 e. The molecule has 1 atom stereocenters. The van der Waals surface area contributed by atoms with Crippen LogP contribution in [0.25, 0.3) is 0 Å². The molecule has 0 spiro atoms. The number of hydrogen-bond acceptors (Lipinski definition) is 4. The summed E-state index contributed by atoms with van der Waals surface area (Å²) in [5, 5.41) is 0. The van der Waals surface area contributed by atoms with Crippen LogP contribution in [0, 0.1) is 0 Å². The van der Waals surface area contributed by atoms with Crippen molar-refractivity contribution in [2.24, 2.45) is 0 Å². The van der Waals surface area contributed by atoms with Crippen molar-refractivity contribution in [3.63, 3.8) is 0 Å². The minimum absolute atomic E-state index is 0.0897. The summed E-state index contributed by atoms with van der Waals surface area (Å²) in [5.41, 5.74) is 3.64. The summed E-state index contributed by atoms with van der Waals surface area (Å²) in [6, 6.07) is 14.1. The Morgan fingerprint density at radius 3 is 2.54 bits per heavy atom. The minimum atomic E-state index is -0.187. The van der Waals surface area contributed by atoms with Crippen LogP contribution in [0.2, 0.25) is 0 Å². The number of ether oxygens (including phenoxy) is 3. The van der Waals surface area contributed by atoms with E-state index >= 15 is 0 Å². The maximum atomic E-state index is 11.2. The predicted molar refractivity (Wildman–Crippen MR) is 91.5 cm³/mol. The first kappa shape index (κ1) is 16.4. The Labute approximate surface area is 142 Å². The number of aryl methyl sites for hydroxylation is 2. The number of rotatable bonds is 6. The van der Waals surface area contributed by atoms with Gasteiger partial charge in [0.25, 0.3) is 0 Å². The van der Waals surface area contributed by atoms with Gasteiger partial charge >= 0.3 is 5.97 Å². The number of carbonyl (C=O) groups is 1. The SMILES string of the molecule is COC(=O)CCc1ccc(OC2CCc3cc(OC)ccc32)cc1. The molecule has 0 amide bonds. The summed E-state index contributed by atoms with van der Waals surface area (Å²) < 4.78 is 16.1. The minimum Gasteiger partial charge on any atom is -0.497 e. The van der Waals surface area contributed by atoms with E-state index in [1.807, 2.05) is 30.3 Å². The van der Waals surface area contributed by atoms with Gasteiger partial charge in [-0.1, -0.05) is 18.2 Å². The zero-order valence-electron chi connectivity index (χ0n) is 14.1. The summed E-state index contributed by atoms with van der Waals surface area (Å²) in [6.45, 7) is 0. The zero-order valence-corrected chi connectivity index (χ0v) is 14.1. The molecule has 0 saturated heterocycles. The number of esters is 1. The molecule has 126 valence electrons. The Bertz CT molecular complexity index is 706. The van der Waals surface area contributed by atoms with Crippen molar-refractivity contribution in [2.75, 3.05) is 14.2 Å². The van der Waals surface area contributed by atoms with Crippen molar-refractivity contribution in [2.45, 2.75) is 31.8 Å². The molecule has 1 unspecified atom stereocenters. The molecule has 1 aliphatic carbocycles. The van der Waals surface area contributed by atoms with E-state index in [4.69, 9.17) is 9.47 Å². The molecular formula is C20H22O4. The smallest absolute Gasteiger partial charge is 0.305 e. The third-order valence-electron chi connectivity index (χ3n) is 4.42. The fourth-order valence-electron chi connectivity index (χ4n) is 3.05. The van der Waals surface area contributed by atoms with Crippen LogP contribution in [-0.4, -0.2) is 20.2 Å². The van der Waals surface area contributed by atoms with Gasteiger partial charge in [0, 0.05) is 6.42 Å². The first-order valence-corrected chi connectivity index (χ1v) is 8.19. The standard InChI is InChI=1S/C20H22O4/c1-22-17-9-10-18-15(13-17)6-11-19(18)24-16-7-3-14(4-8-16)5-12-20(21)23-2/h3-4,7-10,13,19H,5-6,11-12H2,1-2H3. The van der Waals surface area contributed by atoms with E-state index < -0.39 is 0 Å². The van der Waals surface area contributed by atoms with Gasteiger partial charge in [0.1, 0.15) is 17.6 Å². The first-order chi connectivity index (χ1) is 11.7. The highest BCUT2D eigenvalue weighted by molar-refractivity contribution is 5.69. The fraction of sp³-hybridized carbons (Fsp3) is 0.350. The molecule has 4 heteroatoms. The highest BCUT2D eigenvalue weighted by Gasteiger charge is 2.24. The monoisotopic (exact) mass is 326 g/mol. The molecule has 0 heterocycles. The summed E-state index contributed by atoms with van der Waals surface area (Å²) in [5.74, 6) is 1.56. The van der Waals surface area contributed by atoms with Gasteiger partial charge in [-0.15, -0.1) is 0 Å². The Hall–Kier alpha value is -2.49. The van der Waals surface area contributed by atoms with Gasteiger partial charge in [-0.3, -0.25) is 4.79 Å². The van der Waals surface area contributed by atoms with Crippen LogP contribution in [0.4, 0.5) is 0 Å². The zero-order chi connectivity index (χ0) is 16.9. The molecule has 0 fully saturated rings. The second kappa shape index (κ2) is 7.39. The van der Waals surface area contributed by atoms with Crippen molar-refractivity contribution < 1.29 is 19.0 Å². The van der Waals surface area contributed by atoms with E-state index in [-0.39, 0.29) is 12.1 Å². The third-order valence-corrected chi connectivity index (χ3v) is 4.42. The highest BCUT2D eigenvalue weighted by Crippen LogP contribution is 2.36. The molecule has 2 aromatic carbocycles. The van der Waals surface area contributed by atoms with Gasteiger partial charge in [0.2, 0.25) is 0 Å². The van der Waals surface area contributed by atoms with Gasteiger partial charge in [-0.05, 0) is 60.2 Å². The Balaban J connectivity index is 1.62. The molecule has 4 nitrogen and oxygen atoms in total. The summed E-state index contributed by atoms with van der Waals surface area (Å²) >= 11 is 0. The van der Waals surface area contributed by atoms with Gasteiger partial charge in [0.05, 0.1) is 14.2 Å². The van der Waals surface area contributed by atoms with Crippen LogP contribution in [0.15, 0.2) is 42.5 Å². The predicted octanol–water partition coefficient (Wildman–Crippen LogP) is 3.87. The van der Waals surface area contributed by atoms with Crippen LogP contribution >= 0.6 is 0 Å². The molecule has 0 radical (unpaired) electrons. The van der Waals surface area contributed by atoms with Gasteiger partial charge in [-0.25, -0.2) is 0 Å². The van der Waals surface area contributed by atoms with E-state index in [0.717, 1.165) is 29.9 Å². The summed E-state index contributed by atoms with van der Waals surface area (Å²) in [7, 11) is 3.10. The van der Waals surface area contributed by atoms with Gasteiger partial charge in [0.15, 0.2) is 0 Å².